The molecule has 0 fully saturated rings. The van der Waals surface area contributed by atoms with E-state index in [2.05, 4.69) is 31.3 Å². The molecule has 0 heterocycles. The van der Waals surface area contributed by atoms with Gasteiger partial charge in [0, 0.05) is 0 Å². The Labute approximate surface area is 293 Å². The van der Waals surface area contributed by atoms with Crippen LogP contribution >= 0.6 is 0 Å². The molecule has 3 unspecified atom stereocenters. The third-order valence-corrected chi connectivity index (χ3v) is 9.83. The van der Waals surface area contributed by atoms with E-state index in [0.717, 1.165) is 38.5 Å². The molecule has 0 rings (SSSR count). The van der Waals surface area contributed by atoms with Gasteiger partial charge in [-0.2, -0.15) is 0 Å². The molecular weight excluding hydrogens is 582 g/mol. The number of aliphatic hydroxyl groups is 3. The van der Waals surface area contributed by atoms with Gasteiger partial charge in [-0.05, 0) is 38.5 Å². The zero-order valence-electron chi connectivity index (χ0n) is 31.7. The Balaban J connectivity index is 3.63. The Kier molecular flexibility index (Phi) is 37.2. The minimum atomic E-state index is -0.749. The monoisotopic (exact) mass is 666 g/mol. The number of hydrogen-bond acceptors (Lipinski definition) is 4. The summed E-state index contributed by atoms with van der Waals surface area (Å²) in [4.78, 5) is 12.4. The number of allylic oxidation sites excluding steroid dienone is 2. The second kappa shape index (κ2) is 37.9. The average molecular weight is 666 g/mol. The van der Waals surface area contributed by atoms with Crippen LogP contribution < -0.4 is 5.32 Å². The first-order valence-corrected chi connectivity index (χ1v) is 21.0. The smallest absolute Gasteiger partial charge is 0.222 e. The summed E-state index contributed by atoms with van der Waals surface area (Å²) in [6, 6.07) is -0.659. The fraction of sp³-hybridized carbons (Fsp3) is 0.929. The molecule has 0 aromatic carbocycles. The number of amides is 1. The minimum absolute atomic E-state index is 0.0285. The SMILES string of the molecule is CCCCCCCCC/C=C\CCCCCC(O)CC(=O)NC(CO)C(O)CCCCCCCCCCCCCCCCCCCC. The lowest BCUT2D eigenvalue weighted by molar-refractivity contribution is -0.125. The molecule has 0 spiro atoms. The maximum atomic E-state index is 12.4. The van der Waals surface area contributed by atoms with Crippen molar-refractivity contribution in [1.82, 2.24) is 5.32 Å². The third-order valence-electron chi connectivity index (χ3n) is 9.83. The molecule has 0 bridgehead atoms. The molecule has 0 radical (unpaired) electrons. The molecule has 0 saturated heterocycles. The van der Waals surface area contributed by atoms with Crippen LogP contribution in [0.5, 0.6) is 0 Å². The Morgan fingerprint density at radius 3 is 1.26 bits per heavy atom. The predicted molar refractivity (Wildman–Crippen MR) is 204 cm³/mol. The summed E-state index contributed by atoms with van der Waals surface area (Å²) in [5.41, 5.74) is 0. The molecule has 0 aromatic heterocycles. The first-order chi connectivity index (χ1) is 23.0. The topological polar surface area (TPSA) is 89.8 Å². The highest BCUT2D eigenvalue weighted by atomic mass is 16.3. The summed E-state index contributed by atoms with van der Waals surface area (Å²) < 4.78 is 0. The lowest BCUT2D eigenvalue weighted by Gasteiger charge is -2.23. The molecule has 280 valence electrons. The van der Waals surface area contributed by atoms with Gasteiger partial charge in [0.1, 0.15) is 0 Å². The number of nitrogens with one attached hydrogen (secondary N) is 1. The maximum Gasteiger partial charge on any atom is 0.222 e. The third kappa shape index (κ3) is 34.7. The number of rotatable bonds is 38. The van der Waals surface area contributed by atoms with Crippen molar-refractivity contribution < 1.29 is 20.1 Å². The van der Waals surface area contributed by atoms with Gasteiger partial charge in [0.25, 0.3) is 0 Å². The van der Waals surface area contributed by atoms with Gasteiger partial charge in [0.2, 0.25) is 5.91 Å². The summed E-state index contributed by atoms with van der Waals surface area (Å²) in [5, 5.41) is 33.3. The van der Waals surface area contributed by atoms with Crippen LogP contribution in [0.2, 0.25) is 0 Å². The van der Waals surface area contributed by atoms with Gasteiger partial charge >= 0.3 is 0 Å². The highest BCUT2D eigenvalue weighted by Crippen LogP contribution is 2.16. The van der Waals surface area contributed by atoms with E-state index < -0.39 is 18.2 Å². The summed E-state index contributed by atoms with van der Waals surface area (Å²) in [5.74, 6) is -0.290. The Hall–Kier alpha value is -0.910. The lowest BCUT2D eigenvalue weighted by atomic mass is 10.0. The van der Waals surface area contributed by atoms with Gasteiger partial charge in [-0.3, -0.25) is 4.79 Å². The normalized spacial score (nSPS) is 13.7. The first-order valence-electron chi connectivity index (χ1n) is 21.0. The number of unbranched alkanes of at least 4 members (excludes halogenated alkanes) is 27. The maximum absolute atomic E-state index is 12.4. The quantitative estimate of drug-likeness (QED) is 0.0390. The van der Waals surface area contributed by atoms with Crippen LogP contribution in [0, 0.1) is 0 Å². The Morgan fingerprint density at radius 2 is 0.851 bits per heavy atom. The highest BCUT2D eigenvalue weighted by molar-refractivity contribution is 5.76. The van der Waals surface area contributed by atoms with Crippen LogP contribution in [0.1, 0.15) is 226 Å². The molecule has 1 amide bonds. The van der Waals surface area contributed by atoms with Crippen molar-refractivity contribution in [2.24, 2.45) is 0 Å². The van der Waals surface area contributed by atoms with E-state index in [0.29, 0.717) is 12.8 Å². The standard InChI is InChI=1S/C42H83NO4/c1-3-5-7-9-11-13-15-17-19-20-21-22-24-26-28-30-32-34-36-41(46)40(38-44)43-42(47)37-39(45)35-33-31-29-27-25-23-18-16-14-12-10-8-6-4-2/h23,25,39-41,44-46H,3-22,24,26-38H2,1-2H3,(H,43,47)/b25-23-. The van der Waals surface area contributed by atoms with Gasteiger partial charge in [0.15, 0.2) is 0 Å². The van der Waals surface area contributed by atoms with Crippen LogP contribution in [0.3, 0.4) is 0 Å². The second-order valence-electron chi connectivity index (χ2n) is 14.6. The molecule has 0 aliphatic rings. The molecule has 0 aliphatic heterocycles. The Bertz CT molecular complexity index is 655. The van der Waals surface area contributed by atoms with Crippen LogP contribution in [-0.4, -0.2) is 46.1 Å². The van der Waals surface area contributed by atoms with Crippen molar-refractivity contribution in [1.29, 1.82) is 0 Å². The van der Waals surface area contributed by atoms with Crippen molar-refractivity contribution in [3.63, 3.8) is 0 Å². The molecule has 47 heavy (non-hydrogen) atoms. The summed E-state index contributed by atoms with van der Waals surface area (Å²) >= 11 is 0. The van der Waals surface area contributed by atoms with E-state index in [1.165, 1.54) is 154 Å². The van der Waals surface area contributed by atoms with Gasteiger partial charge in [-0.1, -0.05) is 193 Å². The number of hydrogen-bond donors (Lipinski definition) is 4. The molecule has 5 nitrogen and oxygen atoms in total. The van der Waals surface area contributed by atoms with Crippen LogP contribution in [0.15, 0.2) is 12.2 Å². The minimum Gasteiger partial charge on any atom is -0.394 e. The summed E-state index contributed by atoms with van der Waals surface area (Å²) in [6.07, 6.45) is 43.1. The van der Waals surface area contributed by atoms with E-state index >= 15 is 0 Å². The van der Waals surface area contributed by atoms with Crippen LogP contribution in [0.25, 0.3) is 0 Å². The van der Waals surface area contributed by atoms with E-state index in [1.54, 1.807) is 0 Å². The molecule has 5 heteroatoms. The first kappa shape index (κ1) is 46.1. The van der Waals surface area contributed by atoms with Crippen molar-refractivity contribution in [3.8, 4) is 0 Å². The summed E-state index contributed by atoms with van der Waals surface area (Å²) in [6.45, 7) is 4.26. The zero-order chi connectivity index (χ0) is 34.5. The molecular formula is C42H83NO4. The largest absolute Gasteiger partial charge is 0.394 e. The van der Waals surface area contributed by atoms with E-state index in [4.69, 9.17) is 0 Å². The number of carbonyl (C=O) groups is 1. The molecule has 4 N–H and O–H groups in total. The Morgan fingerprint density at radius 1 is 0.511 bits per heavy atom. The predicted octanol–water partition coefficient (Wildman–Crippen LogP) is 11.7. The van der Waals surface area contributed by atoms with Gasteiger partial charge in [-0.15, -0.1) is 0 Å². The van der Waals surface area contributed by atoms with E-state index in [1.807, 2.05) is 0 Å². The van der Waals surface area contributed by atoms with E-state index in [-0.39, 0.29) is 18.9 Å². The van der Waals surface area contributed by atoms with Crippen molar-refractivity contribution in [2.75, 3.05) is 6.61 Å². The molecule has 3 atom stereocenters. The fourth-order valence-corrected chi connectivity index (χ4v) is 6.58. The number of carbonyl (C=O) groups excluding carboxylic acids is 1. The van der Waals surface area contributed by atoms with Crippen LogP contribution in [-0.2, 0) is 4.79 Å². The van der Waals surface area contributed by atoms with Gasteiger partial charge in [-0.25, -0.2) is 0 Å². The zero-order valence-corrected chi connectivity index (χ0v) is 31.7. The fourth-order valence-electron chi connectivity index (χ4n) is 6.58. The van der Waals surface area contributed by atoms with Gasteiger partial charge < -0.3 is 20.6 Å². The highest BCUT2D eigenvalue weighted by Gasteiger charge is 2.21. The lowest BCUT2D eigenvalue weighted by Crippen LogP contribution is -2.46. The second-order valence-corrected chi connectivity index (χ2v) is 14.6. The molecule has 0 aromatic rings. The van der Waals surface area contributed by atoms with Crippen molar-refractivity contribution in [3.05, 3.63) is 12.2 Å². The van der Waals surface area contributed by atoms with Crippen molar-refractivity contribution >= 4 is 5.91 Å². The molecule has 0 saturated carbocycles. The number of aliphatic hydroxyl groups excluding tert-OH is 3. The molecule has 0 aliphatic carbocycles. The summed E-state index contributed by atoms with van der Waals surface area (Å²) in [7, 11) is 0. The van der Waals surface area contributed by atoms with Crippen LogP contribution in [0.4, 0.5) is 0 Å². The van der Waals surface area contributed by atoms with Gasteiger partial charge in [0.05, 0.1) is 31.3 Å². The average Bonchev–Trinajstić information content (AvgIpc) is 3.06. The van der Waals surface area contributed by atoms with E-state index in [9.17, 15) is 20.1 Å². The van der Waals surface area contributed by atoms with Crippen molar-refractivity contribution in [2.45, 2.75) is 244 Å².